The lowest BCUT2D eigenvalue weighted by Crippen LogP contribution is -2.36. The molecule has 1 saturated heterocycles. The van der Waals surface area contributed by atoms with E-state index in [1.807, 2.05) is 29.2 Å². The summed E-state index contributed by atoms with van der Waals surface area (Å²) in [5.74, 6) is -2.04. The number of hydrogen-bond acceptors (Lipinski definition) is 4. The minimum Gasteiger partial charge on any atom is -0.342 e. The lowest BCUT2D eigenvalue weighted by molar-refractivity contribution is -0.131. The molecule has 2 aromatic rings. The molecule has 0 bridgehead atoms. The lowest BCUT2D eigenvalue weighted by Gasteiger charge is -2.29. The zero-order chi connectivity index (χ0) is 23.7. The SMILES string of the molecule is O=C1CC(Cc2ccccc2CC(=O)N2CCCCC2)=Nc2c1cnn2C1CCC(F)(F)CC1. The number of Topliss-reactive ketones (excluding diaryl/α,β-unsaturated/α-hetero) is 1. The highest BCUT2D eigenvalue weighted by molar-refractivity contribution is 6.15. The Balaban J connectivity index is 1.35. The molecule has 5 rings (SSSR count). The van der Waals surface area contributed by atoms with Gasteiger partial charge in [-0.15, -0.1) is 0 Å². The third-order valence-electron chi connectivity index (χ3n) is 7.29. The average molecular weight is 469 g/mol. The van der Waals surface area contributed by atoms with Crippen LogP contribution in [0.3, 0.4) is 0 Å². The summed E-state index contributed by atoms with van der Waals surface area (Å²) in [5, 5.41) is 4.36. The lowest BCUT2D eigenvalue weighted by atomic mass is 9.92. The van der Waals surface area contributed by atoms with Gasteiger partial charge >= 0.3 is 0 Å². The third-order valence-corrected chi connectivity index (χ3v) is 7.29. The van der Waals surface area contributed by atoms with E-state index >= 15 is 0 Å². The molecule has 6 nitrogen and oxygen atoms in total. The number of halogens is 2. The van der Waals surface area contributed by atoms with Crippen LogP contribution < -0.4 is 0 Å². The molecule has 3 heterocycles. The standard InChI is InChI=1S/C26H30F2N4O2/c27-26(28)10-8-21(9-11-26)32-25-22(17-29-32)23(33)16-20(30-25)14-18-6-2-3-7-19(18)15-24(34)31-12-4-1-5-13-31/h2-3,6-7,17,21H,1,4-5,8-16H2. The maximum absolute atomic E-state index is 13.6. The molecule has 34 heavy (non-hydrogen) atoms. The quantitative estimate of drug-likeness (QED) is 0.614. The monoisotopic (exact) mass is 468 g/mol. The fourth-order valence-corrected chi connectivity index (χ4v) is 5.31. The Morgan fingerprint density at radius 1 is 1.06 bits per heavy atom. The van der Waals surface area contributed by atoms with E-state index in [-0.39, 0.29) is 37.0 Å². The van der Waals surface area contributed by atoms with Crippen molar-refractivity contribution in [3.05, 3.63) is 47.2 Å². The normalized spacial score (nSPS) is 20.7. The van der Waals surface area contributed by atoms with Gasteiger partial charge < -0.3 is 4.90 Å². The topological polar surface area (TPSA) is 67.6 Å². The van der Waals surface area contributed by atoms with Crippen LogP contribution in [0.25, 0.3) is 0 Å². The van der Waals surface area contributed by atoms with Crippen molar-refractivity contribution in [2.45, 2.75) is 76.2 Å². The molecule has 1 saturated carbocycles. The number of aliphatic imine (C=N–C) groups is 1. The summed E-state index contributed by atoms with van der Waals surface area (Å²) >= 11 is 0. The van der Waals surface area contributed by atoms with Crippen molar-refractivity contribution in [3.8, 4) is 0 Å². The molecule has 1 amide bonds. The Morgan fingerprint density at radius 2 is 1.76 bits per heavy atom. The van der Waals surface area contributed by atoms with Crippen LogP contribution in [-0.2, 0) is 17.6 Å². The van der Waals surface area contributed by atoms with Crippen LogP contribution in [0, 0.1) is 0 Å². The Bertz CT molecular complexity index is 1110. The van der Waals surface area contributed by atoms with Gasteiger partial charge in [0.1, 0.15) is 0 Å². The van der Waals surface area contributed by atoms with Crippen LogP contribution in [0.2, 0.25) is 0 Å². The number of fused-ring (bicyclic) bond motifs is 1. The second kappa shape index (κ2) is 9.39. The van der Waals surface area contributed by atoms with E-state index in [4.69, 9.17) is 4.99 Å². The molecular formula is C26H30F2N4O2. The molecule has 8 heteroatoms. The van der Waals surface area contributed by atoms with E-state index in [9.17, 15) is 18.4 Å². The number of alkyl halides is 2. The fourth-order valence-electron chi connectivity index (χ4n) is 5.31. The van der Waals surface area contributed by atoms with Crippen LogP contribution in [0.5, 0.6) is 0 Å². The maximum atomic E-state index is 13.6. The first-order valence-electron chi connectivity index (χ1n) is 12.3. The summed E-state index contributed by atoms with van der Waals surface area (Å²) in [4.78, 5) is 32.4. The minimum absolute atomic E-state index is 0.0470. The largest absolute Gasteiger partial charge is 0.342 e. The highest BCUT2D eigenvalue weighted by Crippen LogP contribution is 2.41. The Morgan fingerprint density at radius 3 is 2.50 bits per heavy atom. The minimum atomic E-state index is -2.62. The zero-order valence-corrected chi connectivity index (χ0v) is 19.3. The molecule has 180 valence electrons. The predicted molar refractivity (Wildman–Crippen MR) is 125 cm³/mol. The van der Waals surface area contributed by atoms with E-state index in [0.717, 1.165) is 42.8 Å². The molecule has 1 aliphatic carbocycles. The van der Waals surface area contributed by atoms with Gasteiger partial charge in [-0.05, 0) is 43.2 Å². The summed E-state index contributed by atoms with van der Waals surface area (Å²) in [6.07, 6.45) is 6.14. The Kier molecular flexibility index (Phi) is 6.32. The van der Waals surface area contributed by atoms with Crippen LogP contribution in [-0.4, -0.2) is 51.1 Å². The second-order valence-electron chi connectivity index (χ2n) is 9.76. The van der Waals surface area contributed by atoms with Gasteiger partial charge in [-0.3, -0.25) is 9.59 Å². The van der Waals surface area contributed by atoms with Gasteiger partial charge in [-0.2, -0.15) is 5.10 Å². The average Bonchev–Trinajstić information content (AvgIpc) is 3.25. The van der Waals surface area contributed by atoms with Crippen molar-refractivity contribution in [2.24, 2.45) is 4.99 Å². The number of carbonyl (C=O) groups excluding carboxylic acids is 2. The van der Waals surface area contributed by atoms with Crippen LogP contribution in [0.15, 0.2) is 35.5 Å². The molecule has 1 aromatic heterocycles. The summed E-state index contributed by atoms with van der Waals surface area (Å²) < 4.78 is 28.9. The van der Waals surface area contributed by atoms with Crippen molar-refractivity contribution >= 4 is 23.2 Å². The number of amides is 1. The maximum Gasteiger partial charge on any atom is 0.248 e. The van der Waals surface area contributed by atoms with E-state index in [1.54, 1.807) is 4.68 Å². The predicted octanol–water partition coefficient (Wildman–Crippen LogP) is 5.09. The summed E-state index contributed by atoms with van der Waals surface area (Å²) in [6.45, 7) is 1.64. The number of rotatable bonds is 5. The summed E-state index contributed by atoms with van der Waals surface area (Å²) in [6, 6.07) is 7.66. The molecule has 0 unspecified atom stereocenters. The number of piperidine rings is 1. The first kappa shape index (κ1) is 22.9. The van der Waals surface area contributed by atoms with E-state index in [0.29, 0.717) is 37.1 Å². The van der Waals surface area contributed by atoms with Crippen LogP contribution in [0.4, 0.5) is 14.6 Å². The van der Waals surface area contributed by atoms with Gasteiger partial charge in [-0.25, -0.2) is 18.5 Å². The summed E-state index contributed by atoms with van der Waals surface area (Å²) in [7, 11) is 0. The van der Waals surface area contributed by atoms with Crippen LogP contribution in [0.1, 0.15) is 78.9 Å². The first-order chi connectivity index (χ1) is 16.4. The molecular weight excluding hydrogens is 438 g/mol. The smallest absolute Gasteiger partial charge is 0.248 e. The molecule has 0 spiro atoms. The Labute approximate surface area is 198 Å². The molecule has 2 aliphatic heterocycles. The number of aromatic nitrogens is 2. The highest BCUT2D eigenvalue weighted by atomic mass is 19.3. The van der Waals surface area contributed by atoms with Gasteiger partial charge in [0.15, 0.2) is 11.6 Å². The highest BCUT2D eigenvalue weighted by Gasteiger charge is 2.37. The number of ketones is 1. The van der Waals surface area contributed by atoms with Gasteiger partial charge in [0.05, 0.1) is 30.6 Å². The van der Waals surface area contributed by atoms with E-state index < -0.39 is 5.92 Å². The van der Waals surface area contributed by atoms with Gasteiger partial charge in [0.25, 0.3) is 0 Å². The van der Waals surface area contributed by atoms with Crippen molar-refractivity contribution in [1.82, 2.24) is 14.7 Å². The second-order valence-corrected chi connectivity index (χ2v) is 9.76. The van der Waals surface area contributed by atoms with Gasteiger partial charge in [-0.1, -0.05) is 24.3 Å². The number of likely N-dealkylation sites (tertiary alicyclic amines) is 1. The number of carbonyl (C=O) groups is 2. The third kappa shape index (κ3) is 4.81. The number of benzene rings is 1. The van der Waals surface area contributed by atoms with Crippen molar-refractivity contribution in [2.75, 3.05) is 13.1 Å². The molecule has 2 fully saturated rings. The molecule has 0 N–H and O–H groups in total. The molecule has 0 radical (unpaired) electrons. The number of hydrogen-bond donors (Lipinski definition) is 0. The first-order valence-corrected chi connectivity index (χ1v) is 12.3. The Hall–Kier alpha value is -2.90. The summed E-state index contributed by atoms with van der Waals surface area (Å²) in [5.41, 5.74) is 3.14. The van der Waals surface area contributed by atoms with Gasteiger partial charge in [0, 0.05) is 38.1 Å². The molecule has 0 atom stereocenters. The van der Waals surface area contributed by atoms with Gasteiger partial charge in [0.2, 0.25) is 11.8 Å². The molecule has 1 aromatic carbocycles. The molecule has 3 aliphatic rings. The van der Waals surface area contributed by atoms with E-state index in [2.05, 4.69) is 5.10 Å². The van der Waals surface area contributed by atoms with Crippen LogP contribution >= 0.6 is 0 Å². The van der Waals surface area contributed by atoms with Crippen molar-refractivity contribution in [3.63, 3.8) is 0 Å². The van der Waals surface area contributed by atoms with E-state index in [1.165, 1.54) is 12.6 Å². The fraction of sp³-hybridized carbons (Fsp3) is 0.538. The zero-order valence-electron chi connectivity index (χ0n) is 19.3. The van der Waals surface area contributed by atoms with Crippen molar-refractivity contribution < 1.29 is 18.4 Å². The number of nitrogens with zero attached hydrogens (tertiary/aromatic N) is 4. The van der Waals surface area contributed by atoms with Crippen molar-refractivity contribution in [1.29, 1.82) is 0 Å².